The second kappa shape index (κ2) is 4.63. The molecule has 1 atom stereocenters. The highest BCUT2D eigenvalue weighted by molar-refractivity contribution is 5.79. The average Bonchev–Trinajstić information content (AvgIpc) is 2.38. The van der Waals surface area contributed by atoms with Crippen LogP contribution >= 0.6 is 0 Å². The summed E-state index contributed by atoms with van der Waals surface area (Å²) in [6.45, 7) is 3.88. The maximum absolute atomic E-state index is 12.8. The Morgan fingerprint density at radius 3 is 2.69 bits per heavy atom. The van der Waals surface area contributed by atoms with Gasteiger partial charge in [0.15, 0.2) is 0 Å². The first-order valence-electron chi connectivity index (χ1n) is 5.22. The highest BCUT2D eigenvalue weighted by atomic mass is 19.3. The van der Waals surface area contributed by atoms with Gasteiger partial charge in [-0.3, -0.25) is 0 Å². The zero-order valence-electron chi connectivity index (χ0n) is 9.43. The number of nitrogens with one attached hydrogen (secondary N) is 1. The van der Waals surface area contributed by atoms with Crippen LogP contribution in [0.2, 0.25) is 0 Å². The van der Waals surface area contributed by atoms with Crippen LogP contribution in [0.15, 0.2) is 0 Å². The van der Waals surface area contributed by atoms with Gasteiger partial charge in [-0.1, -0.05) is 0 Å². The molecule has 1 heterocycles. The van der Waals surface area contributed by atoms with Crippen molar-refractivity contribution in [2.24, 2.45) is 0 Å². The Morgan fingerprint density at radius 2 is 2.25 bits per heavy atom. The van der Waals surface area contributed by atoms with Crippen molar-refractivity contribution in [1.29, 1.82) is 0 Å². The van der Waals surface area contributed by atoms with Crippen molar-refractivity contribution in [1.82, 2.24) is 5.32 Å². The average molecular weight is 237 g/mol. The highest BCUT2D eigenvalue weighted by Crippen LogP contribution is 2.30. The number of aliphatic hydroxyl groups excluding tert-OH is 1. The Balaban J connectivity index is 2.38. The summed E-state index contributed by atoms with van der Waals surface area (Å²) in [5.41, 5.74) is -0.362. The van der Waals surface area contributed by atoms with Gasteiger partial charge in [-0.25, -0.2) is 4.79 Å². The van der Waals surface area contributed by atoms with Crippen LogP contribution < -0.4 is 5.32 Å². The summed E-state index contributed by atoms with van der Waals surface area (Å²) in [5, 5.41) is 11.8. The molecule has 6 heteroatoms. The van der Waals surface area contributed by atoms with Crippen LogP contribution in [0.5, 0.6) is 0 Å². The molecule has 16 heavy (non-hydrogen) atoms. The number of esters is 1. The zero-order valence-corrected chi connectivity index (χ0v) is 9.43. The van der Waals surface area contributed by atoms with E-state index < -0.39 is 24.4 Å². The molecular formula is C10H17F2NO3. The van der Waals surface area contributed by atoms with E-state index in [1.165, 1.54) is 0 Å². The Bertz CT molecular complexity index is 269. The Morgan fingerprint density at radius 1 is 1.62 bits per heavy atom. The second-order valence-corrected chi connectivity index (χ2v) is 4.67. The molecule has 1 fully saturated rings. The number of ether oxygens (including phenoxy) is 1. The molecule has 0 aromatic rings. The second-order valence-electron chi connectivity index (χ2n) is 4.67. The third-order valence-corrected chi connectivity index (χ3v) is 2.60. The van der Waals surface area contributed by atoms with Crippen LogP contribution in [0.3, 0.4) is 0 Å². The topological polar surface area (TPSA) is 58.6 Å². The lowest BCUT2D eigenvalue weighted by atomic mass is 10.0. The van der Waals surface area contributed by atoms with E-state index in [-0.39, 0.29) is 18.7 Å². The van der Waals surface area contributed by atoms with E-state index in [2.05, 4.69) is 10.1 Å². The van der Waals surface area contributed by atoms with E-state index in [4.69, 9.17) is 5.11 Å². The molecule has 0 aliphatic carbocycles. The number of carbonyl (C=O) groups is 1. The first kappa shape index (κ1) is 13.3. The van der Waals surface area contributed by atoms with Crippen LogP contribution in [-0.4, -0.2) is 41.8 Å². The van der Waals surface area contributed by atoms with Crippen molar-refractivity contribution < 1.29 is 23.4 Å². The molecule has 0 aromatic carbocycles. The van der Waals surface area contributed by atoms with Crippen LogP contribution in [0.1, 0.15) is 26.7 Å². The lowest BCUT2D eigenvalue weighted by Crippen LogP contribution is -2.44. The summed E-state index contributed by atoms with van der Waals surface area (Å²) in [5.74, 6) is -4.80. The summed E-state index contributed by atoms with van der Waals surface area (Å²) in [4.78, 5) is 10.7. The fourth-order valence-electron chi connectivity index (χ4n) is 1.52. The fraction of sp³-hybridized carbons (Fsp3) is 0.900. The standard InChI is InChI=1S/C10H17F2NO3/c1-9(2,3-4-14)13-6-7-5-10(11,12)8(15)16-7/h7,13-14H,3-6H2,1-2H3. The minimum atomic E-state index is -3.35. The lowest BCUT2D eigenvalue weighted by Gasteiger charge is -2.26. The van der Waals surface area contributed by atoms with Crippen LogP contribution in [0.4, 0.5) is 8.78 Å². The number of carbonyl (C=O) groups excluding carboxylic acids is 1. The number of alkyl halides is 2. The highest BCUT2D eigenvalue weighted by Gasteiger charge is 2.50. The smallest absolute Gasteiger partial charge is 0.377 e. The van der Waals surface area contributed by atoms with Crippen LogP contribution in [0, 0.1) is 0 Å². The molecule has 1 rings (SSSR count). The minimum absolute atomic E-state index is 0.0145. The van der Waals surface area contributed by atoms with E-state index in [0.717, 1.165) is 0 Å². The van der Waals surface area contributed by atoms with Gasteiger partial charge in [0.25, 0.3) is 0 Å². The minimum Gasteiger partial charge on any atom is -0.456 e. The number of cyclic esters (lactones) is 1. The molecule has 2 N–H and O–H groups in total. The summed E-state index contributed by atoms with van der Waals surface area (Å²) in [7, 11) is 0. The summed E-state index contributed by atoms with van der Waals surface area (Å²) >= 11 is 0. The third-order valence-electron chi connectivity index (χ3n) is 2.60. The van der Waals surface area contributed by atoms with Gasteiger partial charge in [0.1, 0.15) is 6.10 Å². The molecule has 0 spiro atoms. The zero-order chi connectivity index (χ0) is 12.4. The predicted molar refractivity (Wildman–Crippen MR) is 53.2 cm³/mol. The molecule has 1 aliphatic rings. The quantitative estimate of drug-likeness (QED) is 0.691. The van der Waals surface area contributed by atoms with Gasteiger partial charge in [-0.15, -0.1) is 0 Å². The van der Waals surface area contributed by atoms with Gasteiger partial charge >= 0.3 is 11.9 Å². The van der Waals surface area contributed by atoms with Gasteiger partial charge < -0.3 is 15.2 Å². The molecule has 0 aromatic heterocycles. The molecular weight excluding hydrogens is 220 g/mol. The van der Waals surface area contributed by atoms with Crippen molar-refractivity contribution in [3.05, 3.63) is 0 Å². The van der Waals surface area contributed by atoms with E-state index >= 15 is 0 Å². The molecule has 0 radical (unpaired) electrons. The van der Waals surface area contributed by atoms with Gasteiger partial charge in [0, 0.05) is 18.7 Å². The molecule has 0 amide bonds. The number of hydrogen-bond donors (Lipinski definition) is 2. The number of rotatable bonds is 5. The van der Waals surface area contributed by atoms with Crippen LogP contribution in [-0.2, 0) is 9.53 Å². The van der Waals surface area contributed by atoms with Crippen molar-refractivity contribution in [2.45, 2.75) is 44.3 Å². The van der Waals surface area contributed by atoms with Crippen LogP contribution in [0.25, 0.3) is 0 Å². The van der Waals surface area contributed by atoms with Crippen molar-refractivity contribution >= 4 is 5.97 Å². The first-order valence-corrected chi connectivity index (χ1v) is 5.22. The molecule has 0 saturated carbocycles. The number of hydrogen-bond acceptors (Lipinski definition) is 4. The van der Waals surface area contributed by atoms with Gasteiger partial charge in [0.2, 0.25) is 0 Å². The molecule has 1 saturated heterocycles. The fourth-order valence-corrected chi connectivity index (χ4v) is 1.52. The third kappa shape index (κ3) is 3.38. The van der Waals surface area contributed by atoms with Crippen molar-refractivity contribution in [3.63, 3.8) is 0 Å². The predicted octanol–water partition coefficient (Wildman–Crippen LogP) is 0.688. The Labute approximate surface area is 93.0 Å². The molecule has 1 unspecified atom stereocenters. The van der Waals surface area contributed by atoms with Gasteiger partial charge in [-0.05, 0) is 20.3 Å². The first-order chi connectivity index (χ1) is 7.27. The van der Waals surface area contributed by atoms with Crippen molar-refractivity contribution in [2.75, 3.05) is 13.2 Å². The Kier molecular flexibility index (Phi) is 3.85. The summed E-state index contributed by atoms with van der Waals surface area (Å²) < 4.78 is 30.2. The maximum atomic E-state index is 12.8. The van der Waals surface area contributed by atoms with E-state index in [0.29, 0.717) is 6.42 Å². The molecule has 94 valence electrons. The van der Waals surface area contributed by atoms with E-state index in [9.17, 15) is 13.6 Å². The maximum Gasteiger partial charge on any atom is 0.377 e. The summed E-state index contributed by atoms with van der Waals surface area (Å²) in [6.07, 6.45) is -0.863. The molecule has 4 nitrogen and oxygen atoms in total. The van der Waals surface area contributed by atoms with E-state index in [1.807, 2.05) is 13.8 Å². The van der Waals surface area contributed by atoms with Crippen molar-refractivity contribution in [3.8, 4) is 0 Å². The molecule has 1 aliphatic heterocycles. The summed E-state index contributed by atoms with van der Waals surface area (Å²) in [6, 6.07) is 0. The lowest BCUT2D eigenvalue weighted by molar-refractivity contribution is -0.159. The molecule has 0 bridgehead atoms. The SMILES string of the molecule is CC(C)(CCO)NCC1CC(F)(F)C(=O)O1. The largest absolute Gasteiger partial charge is 0.456 e. The number of aliphatic hydroxyl groups is 1. The number of halogens is 2. The Hall–Kier alpha value is -0.750. The normalized spacial score (nSPS) is 24.6. The van der Waals surface area contributed by atoms with Gasteiger partial charge in [0.05, 0.1) is 6.42 Å². The van der Waals surface area contributed by atoms with E-state index in [1.54, 1.807) is 0 Å². The monoisotopic (exact) mass is 237 g/mol. The van der Waals surface area contributed by atoms with Gasteiger partial charge in [-0.2, -0.15) is 8.78 Å².